The van der Waals surface area contributed by atoms with Crippen molar-refractivity contribution in [2.75, 3.05) is 38.2 Å². The van der Waals surface area contributed by atoms with Crippen LogP contribution in [0.4, 0.5) is 5.69 Å². The van der Waals surface area contributed by atoms with Crippen LogP contribution in [0.3, 0.4) is 0 Å². The van der Waals surface area contributed by atoms with E-state index >= 15 is 0 Å². The van der Waals surface area contributed by atoms with Crippen LogP contribution in [0.25, 0.3) is 6.08 Å². The van der Waals surface area contributed by atoms with Gasteiger partial charge in [-0.1, -0.05) is 18.2 Å². The van der Waals surface area contributed by atoms with Crippen LogP contribution < -0.4 is 15.1 Å². The van der Waals surface area contributed by atoms with E-state index in [1.165, 1.54) is 28.0 Å². The number of methoxy groups -OCH3 is 1. The second-order valence-corrected chi connectivity index (χ2v) is 8.41. The minimum absolute atomic E-state index is 0.166. The molecule has 1 saturated heterocycles. The van der Waals surface area contributed by atoms with Gasteiger partial charge in [0, 0.05) is 44.0 Å². The van der Waals surface area contributed by atoms with E-state index in [9.17, 15) is 13.2 Å². The molecule has 9 heteroatoms. The predicted octanol–water partition coefficient (Wildman–Crippen LogP) is 1.72. The fourth-order valence-corrected chi connectivity index (χ4v) is 4.61. The molecule has 1 fully saturated rings. The monoisotopic (exact) mass is 417 g/mol. The Morgan fingerprint density at radius 2 is 1.83 bits per heavy atom. The molecule has 0 radical (unpaired) electrons. The number of benzene rings is 2. The average Bonchev–Trinajstić information content (AvgIpc) is 2.77. The van der Waals surface area contributed by atoms with Gasteiger partial charge in [-0.25, -0.2) is 13.9 Å². The molecule has 0 spiro atoms. The lowest BCUT2D eigenvalue weighted by molar-refractivity contribution is -0.124. The first-order valence-corrected chi connectivity index (χ1v) is 10.5. The standard InChI is InChI=1S/C20H23N3O5S/c1-28-18-6-3-5-17(15-18)22-10-12-23(13-11-22)29(26,27)19-7-2-4-16(14-19)8-9-20(24)21-25/h2-9,14-15,25H,10-13H2,1H3,(H,21,24). The number of amides is 1. The molecule has 2 aromatic rings. The molecule has 2 N–H and O–H groups in total. The summed E-state index contributed by atoms with van der Waals surface area (Å²) in [5.74, 6) is 0.0734. The first-order chi connectivity index (χ1) is 13.9. The lowest BCUT2D eigenvalue weighted by atomic mass is 10.2. The average molecular weight is 417 g/mol. The van der Waals surface area contributed by atoms with E-state index in [0.717, 1.165) is 17.5 Å². The minimum atomic E-state index is -3.65. The Balaban J connectivity index is 1.71. The number of anilines is 1. The molecule has 0 aromatic heterocycles. The van der Waals surface area contributed by atoms with Gasteiger partial charge in [-0.15, -0.1) is 0 Å². The highest BCUT2D eigenvalue weighted by molar-refractivity contribution is 7.89. The molecule has 3 rings (SSSR count). The van der Waals surface area contributed by atoms with Crippen molar-refractivity contribution in [3.8, 4) is 5.75 Å². The number of hydroxylamine groups is 1. The second-order valence-electron chi connectivity index (χ2n) is 6.47. The lowest BCUT2D eigenvalue weighted by Crippen LogP contribution is -2.48. The Morgan fingerprint density at radius 1 is 1.10 bits per heavy atom. The molecule has 0 unspecified atom stereocenters. The second kappa shape index (κ2) is 9.08. The summed E-state index contributed by atoms with van der Waals surface area (Å²) >= 11 is 0. The number of hydrogen-bond donors (Lipinski definition) is 2. The number of sulfonamides is 1. The zero-order chi connectivity index (χ0) is 20.9. The molecule has 0 atom stereocenters. The molecule has 1 aliphatic heterocycles. The zero-order valence-corrected chi connectivity index (χ0v) is 16.8. The largest absolute Gasteiger partial charge is 0.497 e. The SMILES string of the molecule is COc1cccc(N2CCN(S(=O)(=O)c3cccc(C=CC(=O)NO)c3)CC2)c1. The molecule has 0 saturated carbocycles. The van der Waals surface area contributed by atoms with E-state index < -0.39 is 15.9 Å². The molecule has 1 heterocycles. The molecule has 8 nitrogen and oxygen atoms in total. The summed E-state index contributed by atoms with van der Waals surface area (Å²) in [6, 6.07) is 14.0. The van der Waals surface area contributed by atoms with Crippen molar-refractivity contribution in [2.24, 2.45) is 0 Å². The topological polar surface area (TPSA) is 99.2 Å². The van der Waals surface area contributed by atoms with Gasteiger partial charge in [-0.05, 0) is 35.9 Å². The van der Waals surface area contributed by atoms with E-state index in [2.05, 4.69) is 4.90 Å². The summed E-state index contributed by atoms with van der Waals surface area (Å²) in [6.07, 6.45) is 2.56. The number of rotatable bonds is 6. The molecule has 2 aromatic carbocycles. The number of nitrogens with zero attached hydrogens (tertiary/aromatic N) is 2. The first kappa shape index (κ1) is 20.8. The van der Waals surface area contributed by atoms with Crippen molar-refractivity contribution in [1.82, 2.24) is 9.79 Å². The van der Waals surface area contributed by atoms with Crippen LogP contribution in [0.5, 0.6) is 5.75 Å². The maximum atomic E-state index is 13.0. The molecule has 0 aliphatic carbocycles. The summed E-state index contributed by atoms with van der Waals surface area (Å²) < 4.78 is 32.8. The van der Waals surface area contributed by atoms with Crippen molar-refractivity contribution >= 4 is 27.7 Å². The Bertz CT molecular complexity index is 999. The van der Waals surface area contributed by atoms with Gasteiger partial charge in [0.2, 0.25) is 10.0 Å². The van der Waals surface area contributed by atoms with Gasteiger partial charge in [0.15, 0.2) is 0 Å². The van der Waals surface area contributed by atoms with Gasteiger partial charge < -0.3 is 9.64 Å². The number of carbonyl (C=O) groups excluding carboxylic acids is 1. The third kappa shape index (κ3) is 4.94. The van der Waals surface area contributed by atoms with Crippen LogP contribution in [0.1, 0.15) is 5.56 Å². The van der Waals surface area contributed by atoms with Crippen LogP contribution >= 0.6 is 0 Å². The quantitative estimate of drug-likeness (QED) is 0.422. The fourth-order valence-electron chi connectivity index (χ4n) is 3.13. The normalized spacial score (nSPS) is 15.4. The third-order valence-electron chi connectivity index (χ3n) is 4.69. The van der Waals surface area contributed by atoms with Crippen molar-refractivity contribution in [3.63, 3.8) is 0 Å². The maximum Gasteiger partial charge on any atom is 0.267 e. The van der Waals surface area contributed by atoms with Crippen LogP contribution in [0.15, 0.2) is 59.5 Å². The third-order valence-corrected chi connectivity index (χ3v) is 6.58. The highest BCUT2D eigenvalue weighted by Crippen LogP contribution is 2.24. The fraction of sp³-hybridized carbons (Fsp3) is 0.250. The van der Waals surface area contributed by atoms with Gasteiger partial charge >= 0.3 is 0 Å². The zero-order valence-electron chi connectivity index (χ0n) is 16.0. The smallest absolute Gasteiger partial charge is 0.267 e. The van der Waals surface area contributed by atoms with Gasteiger partial charge in [0.05, 0.1) is 12.0 Å². The van der Waals surface area contributed by atoms with Crippen LogP contribution in [-0.4, -0.2) is 57.1 Å². The van der Waals surface area contributed by atoms with Gasteiger partial charge in [-0.3, -0.25) is 10.0 Å². The van der Waals surface area contributed by atoms with Crippen LogP contribution in [0.2, 0.25) is 0 Å². The highest BCUT2D eigenvalue weighted by atomic mass is 32.2. The lowest BCUT2D eigenvalue weighted by Gasteiger charge is -2.35. The molecular formula is C20H23N3O5S. The molecule has 1 amide bonds. The number of nitrogens with one attached hydrogen (secondary N) is 1. The van der Waals surface area contributed by atoms with Gasteiger partial charge in [0.1, 0.15) is 5.75 Å². The van der Waals surface area contributed by atoms with E-state index in [4.69, 9.17) is 9.94 Å². The van der Waals surface area contributed by atoms with Crippen molar-refractivity contribution < 1.29 is 23.2 Å². The summed E-state index contributed by atoms with van der Waals surface area (Å²) in [5, 5.41) is 8.54. The van der Waals surface area contributed by atoms with E-state index in [1.807, 2.05) is 24.3 Å². The van der Waals surface area contributed by atoms with Crippen molar-refractivity contribution in [3.05, 3.63) is 60.2 Å². The Labute approximate surface area is 170 Å². The molecule has 1 aliphatic rings. The summed E-state index contributed by atoms with van der Waals surface area (Å²) in [6.45, 7) is 1.88. The van der Waals surface area contributed by atoms with E-state index in [0.29, 0.717) is 31.7 Å². The molecular weight excluding hydrogens is 394 g/mol. The summed E-state index contributed by atoms with van der Waals surface area (Å²) in [5.41, 5.74) is 3.03. The number of carbonyl (C=O) groups is 1. The first-order valence-electron chi connectivity index (χ1n) is 9.05. The Hall–Kier alpha value is -2.88. The molecule has 154 valence electrons. The minimum Gasteiger partial charge on any atom is -0.497 e. The highest BCUT2D eigenvalue weighted by Gasteiger charge is 2.28. The van der Waals surface area contributed by atoms with E-state index in [-0.39, 0.29) is 4.90 Å². The summed E-state index contributed by atoms with van der Waals surface area (Å²) in [4.78, 5) is 13.4. The summed E-state index contributed by atoms with van der Waals surface area (Å²) in [7, 11) is -2.03. The maximum absolute atomic E-state index is 13.0. The van der Waals surface area contributed by atoms with Crippen molar-refractivity contribution in [1.29, 1.82) is 0 Å². The number of ether oxygens (including phenoxy) is 1. The van der Waals surface area contributed by atoms with Gasteiger partial charge in [0.25, 0.3) is 5.91 Å². The number of hydrogen-bond acceptors (Lipinski definition) is 6. The molecule has 0 bridgehead atoms. The Morgan fingerprint density at radius 3 is 2.52 bits per heavy atom. The number of piperazine rings is 1. The van der Waals surface area contributed by atoms with Crippen LogP contribution in [0, 0.1) is 0 Å². The van der Waals surface area contributed by atoms with E-state index in [1.54, 1.807) is 19.2 Å². The predicted molar refractivity (Wildman–Crippen MR) is 109 cm³/mol. The molecule has 29 heavy (non-hydrogen) atoms. The van der Waals surface area contributed by atoms with Crippen molar-refractivity contribution in [2.45, 2.75) is 4.90 Å². The Kier molecular flexibility index (Phi) is 6.53. The van der Waals surface area contributed by atoms with Crippen LogP contribution in [-0.2, 0) is 14.8 Å². The van der Waals surface area contributed by atoms with Gasteiger partial charge in [-0.2, -0.15) is 4.31 Å².